The Balaban J connectivity index is 0. The summed E-state index contributed by atoms with van der Waals surface area (Å²) in [5.74, 6) is 0. The van der Waals surface area contributed by atoms with E-state index in [1.807, 2.05) is 0 Å². The smallest absolute Gasteiger partial charge is 0.662 e. The predicted octanol–water partition coefficient (Wildman–Crippen LogP) is -1.04. The van der Waals surface area contributed by atoms with Crippen molar-refractivity contribution in [2.24, 2.45) is 0 Å². The van der Waals surface area contributed by atoms with Gasteiger partial charge in [-0.25, -0.2) is 0 Å². The first kappa shape index (κ1) is 21.1. The maximum Gasteiger partial charge on any atom is 1.00 e. The van der Waals surface area contributed by atoms with E-state index in [-0.39, 0.29) is 22.4 Å². The van der Waals surface area contributed by atoms with E-state index in [0.717, 1.165) is 26.2 Å². The Labute approximate surface area is 126 Å². The number of halogens is 1. The van der Waals surface area contributed by atoms with Crippen LogP contribution in [0.5, 0.6) is 0 Å². The molecule has 2 heterocycles. The summed E-state index contributed by atoms with van der Waals surface area (Å²) >= 11 is 0. The third kappa shape index (κ3) is 25.6. The van der Waals surface area contributed by atoms with Crippen LogP contribution in [-0.2, 0) is 22.4 Å². The molecule has 0 spiro atoms. The van der Waals surface area contributed by atoms with E-state index in [1.165, 1.54) is 38.5 Å². The molecule has 1 N–H and O–H groups in total. The molecule has 2 aliphatic heterocycles. The van der Waals surface area contributed by atoms with Gasteiger partial charge in [0.15, 0.2) is 0 Å². The number of hydrogen-bond donors (Lipinski definition) is 1. The van der Waals surface area contributed by atoms with Crippen molar-refractivity contribution >= 4 is 0 Å². The van der Waals surface area contributed by atoms with Gasteiger partial charge >= 0.3 is 22.4 Å². The Morgan fingerprint density at radius 3 is 0.944 bits per heavy atom. The summed E-state index contributed by atoms with van der Waals surface area (Å²) < 4.78 is 32.7. The fourth-order valence-corrected chi connectivity index (χ4v) is 1.47. The van der Waals surface area contributed by atoms with E-state index in [9.17, 15) is 0 Å². The molecule has 0 unspecified atom stereocenters. The third-order valence-electron chi connectivity index (χ3n) is 2.26. The van der Waals surface area contributed by atoms with Crippen LogP contribution in [-0.4, -0.2) is 30.8 Å². The minimum atomic E-state index is -4.69. The summed E-state index contributed by atoms with van der Waals surface area (Å²) in [5.41, 5.74) is 0. The van der Waals surface area contributed by atoms with Gasteiger partial charge in [-0.2, -0.15) is 14.0 Å². The van der Waals surface area contributed by atoms with Gasteiger partial charge in [0.2, 0.25) is 0 Å². The molecule has 0 amide bonds. The molecule has 0 aromatic carbocycles. The standard InChI is InChI=1S/2C5H10N.Ag.ClHO4/c2*1-2-4-6-5-3-1;;2-1(3,4)5/h2*1-5H2;;(H,2,3,4,5)/q2*-1;+1;. The molecule has 0 saturated carbocycles. The van der Waals surface area contributed by atoms with Gasteiger partial charge in [0, 0.05) is 0 Å². The summed E-state index contributed by atoms with van der Waals surface area (Å²) in [4.78, 5) is 0. The van der Waals surface area contributed by atoms with Crippen LogP contribution in [0.1, 0.15) is 38.5 Å². The topological polar surface area (TPSA) is 118 Å². The fourth-order valence-electron chi connectivity index (χ4n) is 1.47. The van der Waals surface area contributed by atoms with Crippen LogP contribution in [0.15, 0.2) is 0 Å². The Morgan fingerprint density at radius 2 is 0.889 bits per heavy atom. The quantitative estimate of drug-likeness (QED) is 0.543. The molecule has 0 aliphatic carbocycles. The third-order valence-corrected chi connectivity index (χ3v) is 2.26. The van der Waals surface area contributed by atoms with Gasteiger partial charge in [-0.3, -0.25) is 0 Å². The predicted molar refractivity (Wildman–Crippen MR) is 56.1 cm³/mol. The van der Waals surface area contributed by atoms with Crippen molar-refractivity contribution in [3.63, 3.8) is 0 Å². The zero-order chi connectivity index (χ0) is 13.0. The first-order valence-electron chi connectivity index (χ1n) is 5.90. The molecule has 0 atom stereocenters. The molecule has 18 heavy (non-hydrogen) atoms. The first-order valence-corrected chi connectivity index (χ1v) is 7.16. The van der Waals surface area contributed by atoms with Crippen LogP contribution in [0.4, 0.5) is 0 Å². The molecule has 8 heteroatoms. The molecule has 2 aliphatic rings. The van der Waals surface area contributed by atoms with Crippen molar-refractivity contribution in [1.29, 1.82) is 0 Å². The van der Waals surface area contributed by atoms with Gasteiger partial charge in [-0.1, -0.05) is 38.5 Å². The molecule has 0 radical (unpaired) electrons. The molecule has 2 fully saturated rings. The maximum absolute atomic E-state index is 8.60. The SMILES string of the molecule is C1CC[N-]CC1.C1CC[N-]CC1.[Ag+].[O-][Cl+3]([O-])([O-])O. The second kappa shape index (κ2) is 14.2. The second-order valence-electron chi connectivity index (χ2n) is 3.86. The van der Waals surface area contributed by atoms with Crippen LogP contribution in [0.25, 0.3) is 10.6 Å². The van der Waals surface area contributed by atoms with Crippen molar-refractivity contribution < 1.29 is 51.3 Å². The van der Waals surface area contributed by atoms with Crippen molar-refractivity contribution in [3.8, 4) is 0 Å². The zero-order valence-electron chi connectivity index (χ0n) is 10.3. The van der Waals surface area contributed by atoms with Gasteiger partial charge in [0.25, 0.3) is 0 Å². The van der Waals surface area contributed by atoms with Gasteiger partial charge in [0.1, 0.15) is 0 Å². The van der Waals surface area contributed by atoms with Crippen molar-refractivity contribution in [2.45, 2.75) is 38.5 Å². The average Bonchev–Trinajstić information content (AvgIpc) is 2.32. The van der Waals surface area contributed by atoms with E-state index in [4.69, 9.17) is 18.6 Å². The molecule has 0 aromatic rings. The molecule has 6 nitrogen and oxygen atoms in total. The Hall–Kier alpha value is 0.790. The molecular formula is C10H21AgClN2O4-. The molecule has 0 aromatic heterocycles. The van der Waals surface area contributed by atoms with Gasteiger partial charge in [0.05, 0.1) is 14.9 Å². The Morgan fingerprint density at radius 1 is 0.667 bits per heavy atom. The van der Waals surface area contributed by atoms with E-state index in [2.05, 4.69) is 10.6 Å². The van der Waals surface area contributed by atoms with Crippen LogP contribution in [0.2, 0.25) is 0 Å². The number of nitrogens with zero attached hydrogens (tertiary/aromatic N) is 2. The minimum absolute atomic E-state index is 0. The van der Waals surface area contributed by atoms with Gasteiger partial charge < -0.3 is 10.6 Å². The Kier molecular flexibility index (Phi) is 16.6. The molecule has 0 bridgehead atoms. The van der Waals surface area contributed by atoms with E-state index in [0.29, 0.717) is 0 Å². The fraction of sp³-hybridized carbons (Fsp3) is 1.00. The number of piperidine rings is 2. The van der Waals surface area contributed by atoms with Crippen LogP contribution < -0.4 is 14.0 Å². The van der Waals surface area contributed by atoms with Crippen LogP contribution in [0.3, 0.4) is 0 Å². The summed E-state index contributed by atoms with van der Waals surface area (Å²) in [6.45, 7) is 4.50. The molecular weight excluding hydrogens is 355 g/mol. The van der Waals surface area contributed by atoms with E-state index < -0.39 is 10.2 Å². The molecule has 2 rings (SSSR count). The molecule has 2 saturated heterocycles. The molecule has 114 valence electrons. The van der Waals surface area contributed by atoms with Crippen molar-refractivity contribution in [3.05, 3.63) is 10.6 Å². The summed E-state index contributed by atoms with van der Waals surface area (Å²) in [6, 6.07) is 0. The summed E-state index contributed by atoms with van der Waals surface area (Å²) in [6.07, 6.45) is 8.15. The second-order valence-corrected chi connectivity index (χ2v) is 4.65. The van der Waals surface area contributed by atoms with Crippen molar-refractivity contribution in [1.82, 2.24) is 0 Å². The monoisotopic (exact) mass is 375 g/mol. The number of hydrogen-bond acceptors (Lipinski definition) is 4. The minimum Gasteiger partial charge on any atom is -0.662 e. The van der Waals surface area contributed by atoms with Crippen LogP contribution >= 0.6 is 0 Å². The normalized spacial score (nSPS) is 19.3. The van der Waals surface area contributed by atoms with Gasteiger partial charge in [-0.05, 0) is 0 Å². The maximum atomic E-state index is 8.60. The van der Waals surface area contributed by atoms with Crippen LogP contribution in [0, 0.1) is 10.2 Å². The summed E-state index contributed by atoms with van der Waals surface area (Å²) in [7, 11) is -4.69. The summed E-state index contributed by atoms with van der Waals surface area (Å²) in [5, 5.41) is 8.35. The first-order chi connectivity index (χ1) is 8.00. The van der Waals surface area contributed by atoms with E-state index >= 15 is 0 Å². The number of rotatable bonds is 0. The van der Waals surface area contributed by atoms with E-state index in [1.54, 1.807) is 0 Å². The van der Waals surface area contributed by atoms with Crippen molar-refractivity contribution in [2.75, 3.05) is 26.2 Å². The Bertz CT molecular complexity index is 123. The largest absolute Gasteiger partial charge is 1.00 e. The zero-order valence-corrected chi connectivity index (χ0v) is 12.6. The average molecular weight is 377 g/mol. The van der Waals surface area contributed by atoms with Gasteiger partial charge in [-0.15, -0.1) is 26.2 Å².